The lowest BCUT2D eigenvalue weighted by Crippen LogP contribution is -2.19. The molecule has 0 aliphatic rings. The van der Waals surface area contributed by atoms with Crippen molar-refractivity contribution in [1.82, 2.24) is 5.32 Å². The largest absolute Gasteiger partial charge is 0.502 e. The van der Waals surface area contributed by atoms with Gasteiger partial charge in [0.2, 0.25) is 11.7 Å². The van der Waals surface area contributed by atoms with Crippen molar-refractivity contribution < 1.29 is 14.8 Å². The number of hydrogen-bond acceptors (Lipinski definition) is 4. The van der Waals surface area contributed by atoms with Gasteiger partial charge in [-0.15, -0.1) is 0 Å². The summed E-state index contributed by atoms with van der Waals surface area (Å²) in [6, 6.07) is 4.25. The first-order chi connectivity index (χ1) is 8.02. The minimum Gasteiger partial charge on any atom is -0.502 e. The molecule has 0 unspecified atom stereocenters. The number of phenols is 1. The number of nitro benzene ring substituents is 1. The number of benzene rings is 1. The monoisotopic (exact) mass is 236 g/mol. The fourth-order valence-electron chi connectivity index (χ4n) is 1.22. The number of para-hydroxylation sites is 1. The van der Waals surface area contributed by atoms with Gasteiger partial charge in [0.25, 0.3) is 0 Å². The van der Waals surface area contributed by atoms with Crippen LogP contribution in [0, 0.1) is 10.1 Å². The number of carbonyl (C=O) groups is 1. The second-order valence-electron chi connectivity index (χ2n) is 3.31. The molecule has 17 heavy (non-hydrogen) atoms. The van der Waals surface area contributed by atoms with Crippen LogP contribution < -0.4 is 5.32 Å². The summed E-state index contributed by atoms with van der Waals surface area (Å²) < 4.78 is 0. The van der Waals surface area contributed by atoms with Gasteiger partial charge in [-0.25, -0.2) is 0 Å². The summed E-state index contributed by atoms with van der Waals surface area (Å²) >= 11 is 0. The Morgan fingerprint density at radius 1 is 1.59 bits per heavy atom. The molecule has 0 aromatic heterocycles. The van der Waals surface area contributed by atoms with Crippen LogP contribution in [0.3, 0.4) is 0 Å². The lowest BCUT2D eigenvalue weighted by atomic mass is 10.1. The molecule has 0 saturated carbocycles. The third-order valence-corrected chi connectivity index (χ3v) is 2.01. The number of carbonyl (C=O) groups excluding carboxylic acids is 1. The molecule has 6 heteroatoms. The molecule has 1 amide bonds. The molecule has 1 rings (SSSR count). The van der Waals surface area contributed by atoms with E-state index >= 15 is 0 Å². The second-order valence-corrected chi connectivity index (χ2v) is 3.31. The standard InChI is InChI=1S/C11H12N2O4/c1-8(14)12-7-3-5-9-4-2-6-10(11(9)15)13(16)17/h2-6,15H,7H2,1H3,(H,12,14). The molecule has 1 aromatic rings. The summed E-state index contributed by atoms with van der Waals surface area (Å²) in [4.78, 5) is 20.5. The van der Waals surface area contributed by atoms with Gasteiger partial charge in [-0.3, -0.25) is 14.9 Å². The van der Waals surface area contributed by atoms with E-state index in [1.807, 2.05) is 0 Å². The van der Waals surface area contributed by atoms with E-state index in [-0.39, 0.29) is 17.3 Å². The fraction of sp³-hybridized carbons (Fsp3) is 0.182. The van der Waals surface area contributed by atoms with Gasteiger partial charge in [0.05, 0.1) is 4.92 Å². The van der Waals surface area contributed by atoms with Gasteiger partial charge in [0.1, 0.15) is 0 Å². The zero-order chi connectivity index (χ0) is 12.8. The quantitative estimate of drug-likeness (QED) is 0.611. The van der Waals surface area contributed by atoms with Crippen LogP contribution in [0.5, 0.6) is 5.75 Å². The van der Waals surface area contributed by atoms with Gasteiger partial charge in [-0.2, -0.15) is 0 Å². The Kier molecular flexibility index (Phi) is 4.21. The smallest absolute Gasteiger partial charge is 0.311 e. The highest BCUT2D eigenvalue weighted by atomic mass is 16.6. The van der Waals surface area contributed by atoms with Gasteiger partial charge in [-0.05, 0) is 0 Å². The predicted octanol–water partition coefficient (Wildman–Crippen LogP) is 1.45. The van der Waals surface area contributed by atoms with E-state index in [9.17, 15) is 20.0 Å². The third kappa shape index (κ3) is 3.60. The maximum Gasteiger partial charge on any atom is 0.311 e. The van der Waals surface area contributed by atoms with Crippen molar-refractivity contribution >= 4 is 17.7 Å². The highest BCUT2D eigenvalue weighted by Crippen LogP contribution is 2.29. The lowest BCUT2D eigenvalue weighted by Gasteiger charge is -2.00. The van der Waals surface area contributed by atoms with Crippen LogP contribution >= 0.6 is 0 Å². The Bertz CT molecular complexity index is 469. The molecule has 90 valence electrons. The lowest BCUT2D eigenvalue weighted by molar-refractivity contribution is -0.385. The summed E-state index contributed by atoms with van der Waals surface area (Å²) in [5, 5.41) is 22.7. The number of hydrogen-bond donors (Lipinski definition) is 2. The van der Waals surface area contributed by atoms with Gasteiger partial charge >= 0.3 is 5.69 Å². The molecular formula is C11H12N2O4. The van der Waals surface area contributed by atoms with Gasteiger partial charge in [0.15, 0.2) is 0 Å². The van der Waals surface area contributed by atoms with E-state index in [0.717, 1.165) is 0 Å². The van der Waals surface area contributed by atoms with E-state index in [4.69, 9.17) is 0 Å². The number of phenolic OH excluding ortho intramolecular Hbond substituents is 1. The Morgan fingerprint density at radius 3 is 2.88 bits per heavy atom. The minimum atomic E-state index is -0.652. The van der Waals surface area contributed by atoms with E-state index in [1.165, 1.54) is 25.1 Å². The van der Waals surface area contributed by atoms with Gasteiger partial charge in [-0.1, -0.05) is 24.3 Å². The highest BCUT2D eigenvalue weighted by Gasteiger charge is 2.14. The third-order valence-electron chi connectivity index (χ3n) is 2.01. The molecular weight excluding hydrogens is 224 g/mol. The summed E-state index contributed by atoms with van der Waals surface area (Å²) in [5.74, 6) is -0.547. The van der Waals surface area contributed by atoms with Crippen molar-refractivity contribution in [1.29, 1.82) is 0 Å². The first kappa shape index (κ1) is 12.7. The summed E-state index contributed by atoms with van der Waals surface area (Å²) in [5.41, 5.74) is -0.00349. The molecule has 0 spiro atoms. The molecule has 0 aliphatic carbocycles. The molecule has 1 aromatic carbocycles. The van der Waals surface area contributed by atoms with Crippen LogP contribution in [0.15, 0.2) is 24.3 Å². The molecule has 0 heterocycles. The van der Waals surface area contributed by atoms with E-state index in [0.29, 0.717) is 12.1 Å². The summed E-state index contributed by atoms with van der Waals surface area (Å²) in [7, 11) is 0. The van der Waals surface area contributed by atoms with Crippen LogP contribution in [0.4, 0.5) is 5.69 Å². The Labute approximate surface area is 97.7 Å². The molecule has 0 bridgehead atoms. The van der Waals surface area contributed by atoms with Crippen molar-refractivity contribution in [3.8, 4) is 5.75 Å². The summed E-state index contributed by atoms with van der Waals surface area (Å²) in [6.07, 6.45) is 3.11. The molecule has 0 aliphatic heterocycles. The molecule has 0 atom stereocenters. The van der Waals surface area contributed by atoms with Gasteiger partial charge in [0, 0.05) is 25.1 Å². The number of aromatic hydroxyl groups is 1. The molecule has 2 N–H and O–H groups in total. The minimum absolute atomic E-state index is 0.169. The van der Waals surface area contributed by atoms with Crippen molar-refractivity contribution in [2.45, 2.75) is 6.92 Å². The zero-order valence-electron chi connectivity index (χ0n) is 9.21. The molecule has 0 saturated heterocycles. The topological polar surface area (TPSA) is 92.5 Å². The van der Waals surface area contributed by atoms with Crippen LogP contribution in [0.2, 0.25) is 0 Å². The molecule has 0 fully saturated rings. The Hall–Kier alpha value is -2.37. The number of nitrogens with zero attached hydrogens (tertiary/aromatic N) is 1. The van der Waals surface area contributed by atoms with Crippen LogP contribution in [0.1, 0.15) is 12.5 Å². The molecule has 0 radical (unpaired) electrons. The number of nitrogens with one attached hydrogen (secondary N) is 1. The number of nitro groups is 1. The Balaban J connectivity index is 2.81. The van der Waals surface area contributed by atoms with Crippen molar-refractivity contribution in [2.24, 2.45) is 0 Å². The summed E-state index contributed by atoms with van der Waals surface area (Å²) in [6.45, 7) is 1.69. The van der Waals surface area contributed by atoms with Crippen molar-refractivity contribution in [3.63, 3.8) is 0 Å². The second kappa shape index (κ2) is 5.64. The number of amides is 1. The van der Waals surface area contributed by atoms with Crippen LogP contribution in [0.25, 0.3) is 6.08 Å². The van der Waals surface area contributed by atoms with Crippen molar-refractivity contribution in [2.75, 3.05) is 6.54 Å². The molecule has 6 nitrogen and oxygen atoms in total. The normalized spacial score (nSPS) is 10.4. The van der Waals surface area contributed by atoms with E-state index in [2.05, 4.69) is 5.32 Å². The van der Waals surface area contributed by atoms with Crippen LogP contribution in [-0.4, -0.2) is 22.5 Å². The van der Waals surface area contributed by atoms with Crippen molar-refractivity contribution in [3.05, 3.63) is 40.0 Å². The van der Waals surface area contributed by atoms with Crippen LogP contribution in [-0.2, 0) is 4.79 Å². The van der Waals surface area contributed by atoms with E-state index < -0.39 is 4.92 Å². The average molecular weight is 236 g/mol. The average Bonchev–Trinajstić information content (AvgIpc) is 2.25. The predicted molar refractivity (Wildman–Crippen MR) is 62.5 cm³/mol. The SMILES string of the molecule is CC(=O)NCC=Cc1cccc([N+](=O)[O-])c1O. The zero-order valence-corrected chi connectivity index (χ0v) is 9.21. The Morgan fingerprint density at radius 2 is 2.29 bits per heavy atom. The number of rotatable bonds is 4. The first-order valence-electron chi connectivity index (χ1n) is 4.89. The maximum absolute atomic E-state index is 10.6. The first-order valence-corrected chi connectivity index (χ1v) is 4.89. The fourth-order valence-corrected chi connectivity index (χ4v) is 1.22. The van der Waals surface area contributed by atoms with Gasteiger partial charge < -0.3 is 10.4 Å². The van der Waals surface area contributed by atoms with E-state index in [1.54, 1.807) is 12.1 Å². The highest BCUT2D eigenvalue weighted by molar-refractivity contribution is 5.73. The maximum atomic E-state index is 10.6.